The van der Waals surface area contributed by atoms with Crippen molar-refractivity contribution >= 4 is 17.3 Å². The van der Waals surface area contributed by atoms with E-state index in [-0.39, 0.29) is 18.0 Å². The van der Waals surface area contributed by atoms with Gasteiger partial charge in [-0.1, -0.05) is 12.1 Å². The van der Waals surface area contributed by atoms with Gasteiger partial charge in [0.2, 0.25) is 0 Å². The Labute approximate surface area is 145 Å². The smallest absolute Gasteiger partial charge is 0.303 e. The highest BCUT2D eigenvalue weighted by Crippen LogP contribution is 2.28. The number of hydrogen-bond acceptors (Lipinski definition) is 4. The first-order chi connectivity index (χ1) is 12.0. The molecule has 0 atom stereocenters. The summed E-state index contributed by atoms with van der Waals surface area (Å²) in [5.74, 6) is -0.445. The van der Waals surface area contributed by atoms with Crippen LogP contribution < -0.4 is 4.90 Å². The molecule has 2 aromatic carbocycles. The molecule has 3 rings (SSSR count). The van der Waals surface area contributed by atoms with Crippen molar-refractivity contribution in [3.63, 3.8) is 0 Å². The first kappa shape index (κ1) is 17.0. The van der Waals surface area contributed by atoms with Gasteiger partial charge in [0.05, 0.1) is 4.92 Å². The normalized spacial score (nSPS) is 15.1. The lowest BCUT2D eigenvalue weighted by molar-refractivity contribution is -0.384. The van der Waals surface area contributed by atoms with E-state index in [2.05, 4.69) is 4.90 Å². The van der Waals surface area contributed by atoms with Crippen LogP contribution in [0, 0.1) is 16.0 Å². The number of nitrogens with zero attached hydrogens (tertiary/aromatic N) is 2. The Hall–Kier alpha value is -2.89. The molecule has 0 saturated carbocycles. The van der Waals surface area contributed by atoms with E-state index in [0.29, 0.717) is 0 Å². The first-order valence-corrected chi connectivity index (χ1v) is 8.34. The van der Waals surface area contributed by atoms with E-state index in [0.717, 1.165) is 42.7 Å². The Bertz CT molecular complexity index is 748. The molecule has 1 fully saturated rings. The predicted molar refractivity (Wildman–Crippen MR) is 95.7 cm³/mol. The quantitative estimate of drug-likeness (QED) is 0.658. The molecule has 0 aromatic heterocycles. The maximum Gasteiger partial charge on any atom is 0.303 e. The number of piperidine rings is 1. The standard InChI is InChI=1S/C19H20N2O4/c22-19(23)13-14-9-11-20(12-10-14)17-5-1-15(2-6-17)16-3-7-18(8-4-16)21(24)25/h1-8,14H,9-13H2,(H,22,23). The number of carbonyl (C=O) groups is 1. The van der Waals surface area contributed by atoms with Crippen LogP contribution in [0.25, 0.3) is 11.1 Å². The van der Waals surface area contributed by atoms with E-state index in [1.54, 1.807) is 12.1 Å². The third-order valence-corrected chi connectivity index (χ3v) is 4.72. The monoisotopic (exact) mass is 340 g/mol. The number of aliphatic carboxylic acids is 1. The molecule has 1 heterocycles. The lowest BCUT2D eigenvalue weighted by Crippen LogP contribution is -2.34. The molecular formula is C19H20N2O4. The molecular weight excluding hydrogens is 320 g/mol. The van der Waals surface area contributed by atoms with Crippen LogP contribution in [0.5, 0.6) is 0 Å². The highest BCUT2D eigenvalue weighted by Gasteiger charge is 2.21. The van der Waals surface area contributed by atoms with Crippen molar-refractivity contribution in [1.82, 2.24) is 0 Å². The Morgan fingerprint density at radius 3 is 2.04 bits per heavy atom. The van der Waals surface area contributed by atoms with Crippen molar-refractivity contribution in [1.29, 1.82) is 0 Å². The summed E-state index contributed by atoms with van der Waals surface area (Å²) in [6.45, 7) is 1.74. The van der Waals surface area contributed by atoms with E-state index in [4.69, 9.17) is 5.11 Å². The number of anilines is 1. The molecule has 0 spiro atoms. The maximum atomic E-state index is 10.8. The van der Waals surface area contributed by atoms with Gasteiger partial charge in [-0.25, -0.2) is 0 Å². The van der Waals surface area contributed by atoms with Crippen LogP contribution in [-0.4, -0.2) is 29.1 Å². The van der Waals surface area contributed by atoms with Crippen molar-refractivity contribution in [2.75, 3.05) is 18.0 Å². The molecule has 1 aliphatic heterocycles. The zero-order valence-electron chi connectivity index (χ0n) is 13.8. The van der Waals surface area contributed by atoms with E-state index in [1.807, 2.05) is 24.3 Å². The predicted octanol–water partition coefficient (Wildman–Crippen LogP) is 3.95. The van der Waals surface area contributed by atoms with Crippen molar-refractivity contribution in [2.45, 2.75) is 19.3 Å². The minimum Gasteiger partial charge on any atom is -0.481 e. The summed E-state index contributed by atoms with van der Waals surface area (Å²) < 4.78 is 0. The Kier molecular flexibility index (Phi) is 4.97. The molecule has 0 aliphatic carbocycles. The van der Waals surface area contributed by atoms with Gasteiger partial charge in [-0.05, 0) is 54.2 Å². The molecule has 1 saturated heterocycles. The minimum absolute atomic E-state index is 0.0876. The summed E-state index contributed by atoms with van der Waals surface area (Å²) in [5, 5.41) is 19.6. The molecule has 2 aromatic rings. The summed E-state index contributed by atoms with van der Waals surface area (Å²) in [6.07, 6.45) is 2.06. The SMILES string of the molecule is O=C(O)CC1CCN(c2ccc(-c3ccc([N+](=O)[O-])cc3)cc2)CC1. The Morgan fingerprint density at radius 1 is 1.04 bits per heavy atom. The topological polar surface area (TPSA) is 83.7 Å². The average molecular weight is 340 g/mol. The van der Waals surface area contributed by atoms with Crippen LogP contribution in [0.4, 0.5) is 11.4 Å². The zero-order chi connectivity index (χ0) is 17.8. The Morgan fingerprint density at radius 2 is 1.56 bits per heavy atom. The second-order valence-corrected chi connectivity index (χ2v) is 6.38. The number of hydrogen-bond donors (Lipinski definition) is 1. The van der Waals surface area contributed by atoms with Gasteiger partial charge in [-0.2, -0.15) is 0 Å². The third-order valence-electron chi connectivity index (χ3n) is 4.72. The number of nitro benzene ring substituents is 1. The summed E-state index contributed by atoms with van der Waals surface area (Å²) >= 11 is 0. The van der Waals surface area contributed by atoms with Crippen LogP contribution in [0.15, 0.2) is 48.5 Å². The Balaban J connectivity index is 1.64. The number of non-ortho nitro benzene ring substituents is 1. The molecule has 130 valence electrons. The fourth-order valence-corrected chi connectivity index (χ4v) is 3.28. The summed E-state index contributed by atoms with van der Waals surface area (Å²) in [4.78, 5) is 23.4. The number of nitro groups is 1. The first-order valence-electron chi connectivity index (χ1n) is 8.34. The van der Waals surface area contributed by atoms with Crippen LogP contribution in [0.1, 0.15) is 19.3 Å². The molecule has 1 N–H and O–H groups in total. The second-order valence-electron chi connectivity index (χ2n) is 6.38. The highest BCUT2D eigenvalue weighted by molar-refractivity contribution is 5.68. The fraction of sp³-hybridized carbons (Fsp3) is 0.316. The van der Waals surface area contributed by atoms with Gasteiger partial charge in [0, 0.05) is 37.3 Å². The van der Waals surface area contributed by atoms with E-state index in [9.17, 15) is 14.9 Å². The number of carboxylic acid groups (broad SMARTS) is 1. The van der Waals surface area contributed by atoms with E-state index in [1.165, 1.54) is 12.1 Å². The van der Waals surface area contributed by atoms with Gasteiger partial charge < -0.3 is 10.0 Å². The van der Waals surface area contributed by atoms with Gasteiger partial charge in [0.1, 0.15) is 0 Å². The summed E-state index contributed by atoms with van der Waals surface area (Å²) in [7, 11) is 0. The molecule has 1 aliphatic rings. The average Bonchev–Trinajstić information content (AvgIpc) is 2.62. The third kappa shape index (κ3) is 4.15. The van der Waals surface area contributed by atoms with Crippen LogP contribution in [-0.2, 0) is 4.79 Å². The summed E-state index contributed by atoms with van der Waals surface area (Å²) in [5.41, 5.74) is 3.17. The van der Waals surface area contributed by atoms with Crippen molar-refractivity contribution in [3.05, 3.63) is 58.6 Å². The van der Waals surface area contributed by atoms with Crippen LogP contribution in [0.2, 0.25) is 0 Å². The fourth-order valence-electron chi connectivity index (χ4n) is 3.28. The van der Waals surface area contributed by atoms with Gasteiger partial charge in [0.25, 0.3) is 5.69 Å². The zero-order valence-corrected chi connectivity index (χ0v) is 13.8. The van der Waals surface area contributed by atoms with E-state index < -0.39 is 10.9 Å². The van der Waals surface area contributed by atoms with Gasteiger partial charge in [0.15, 0.2) is 0 Å². The van der Waals surface area contributed by atoms with E-state index >= 15 is 0 Å². The maximum absolute atomic E-state index is 10.8. The van der Waals surface area contributed by atoms with Crippen molar-refractivity contribution in [2.24, 2.45) is 5.92 Å². The molecule has 0 amide bonds. The molecule has 0 bridgehead atoms. The molecule has 6 heteroatoms. The molecule has 25 heavy (non-hydrogen) atoms. The van der Waals surface area contributed by atoms with Crippen molar-refractivity contribution < 1.29 is 14.8 Å². The lowest BCUT2D eigenvalue weighted by Gasteiger charge is -2.33. The van der Waals surface area contributed by atoms with Crippen molar-refractivity contribution in [3.8, 4) is 11.1 Å². The van der Waals surface area contributed by atoms with Crippen LogP contribution in [0.3, 0.4) is 0 Å². The minimum atomic E-state index is -0.717. The number of carboxylic acids is 1. The largest absolute Gasteiger partial charge is 0.481 e. The molecule has 6 nitrogen and oxygen atoms in total. The highest BCUT2D eigenvalue weighted by atomic mass is 16.6. The van der Waals surface area contributed by atoms with Crippen LogP contribution >= 0.6 is 0 Å². The number of rotatable bonds is 5. The van der Waals surface area contributed by atoms with Gasteiger partial charge in [-0.15, -0.1) is 0 Å². The summed E-state index contributed by atoms with van der Waals surface area (Å²) in [6, 6.07) is 14.7. The van der Waals surface area contributed by atoms with Gasteiger partial charge in [-0.3, -0.25) is 14.9 Å². The molecule has 0 unspecified atom stereocenters. The second kappa shape index (κ2) is 7.34. The molecule has 0 radical (unpaired) electrons. The number of benzene rings is 2. The van der Waals surface area contributed by atoms with Gasteiger partial charge >= 0.3 is 5.97 Å². The lowest BCUT2D eigenvalue weighted by atomic mass is 9.93.